The van der Waals surface area contributed by atoms with Crippen LogP contribution >= 0.6 is 34.8 Å². The number of hydrogen-bond acceptors (Lipinski definition) is 6. The molecule has 3 fully saturated rings. The van der Waals surface area contributed by atoms with Crippen molar-refractivity contribution in [3.8, 4) is 0 Å². The lowest BCUT2D eigenvalue weighted by atomic mass is 10.0. The van der Waals surface area contributed by atoms with Gasteiger partial charge >= 0.3 is 0 Å². The molecule has 0 bridgehead atoms. The third-order valence-corrected chi connectivity index (χ3v) is 7.69. The molecule has 3 heterocycles. The topological polar surface area (TPSA) is 55.4 Å². The minimum absolute atomic E-state index is 0.0712. The third kappa shape index (κ3) is 4.45. The van der Waals surface area contributed by atoms with Crippen LogP contribution in [0.2, 0.25) is 0 Å². The fourth-order valence-corrected chi connectivity index (χ4v) is 5.60. The van der Waals surface area contributed by atoms with Gasteiger partial charge in [-0.3, -0.25) is 0 Å². The Balaban J connectivity index is 1.39. The maximum absolute atomic E-state index is 6.99. The first-order valence-corrected chi connectivity index (χ1v) is 12.7. The van der Waals surface area contributed by atoms with E-state index in [4.69, 9.17) is 63.2 Å². The minimum atomic E-state index is -1.64. The smallest absolute Gasteiger partial charge is 0.277 e. The predicted molar refractivity (Wildman–Crippen MR) is 133 cm³/mol. The standard InChI is InChI=1S/C27H23Cl3O6/c28-25(18-10-4-1-5-11-18)31-16-21-23(35-25)24-22(34-27(30,33-21)20-14-8-3-9-15-20)17-32-26(29,36-24)19-12-6-2-7-13-19/h1-15,21-24H,16-17H2/t21-,22+,23-,24-,25?,26?,27?/m0/s1. The van der Waals surface area contributed by atoms with Gasteiger partial charge in [-0.15, -0.1) is 0 Å². The number of ether oxygens (including phenoxy) is 6. The summed E-state index contributed by atoms with van der Waals surface area (Å²) in [6.07, 6.45) is -2.89. The Labute approximate surface area is 223 Å². The summed E-state index contributed by atoms with van der Waals surface area (Å²) >= 11 is 20.8. The molecule has 0 aromatic heterocycles. The van der Waals surface area contributed by atoms with E-state index in [0.29, 0.717) is 16.7 Å². The molecule has 3 aliphatic rings. The van der Waals surface area contributed by atoms with Crippen molar-refractivity contribution >= 4 is 34.8 Å². The van der Waals surface area contributed by atoms with E-state index in [-0.39, 0.29) is 13.2 Å². The Morgan fingerprint density at radius 3 is 1.17 bits per heavy atom. The van der Waals surface area contributed by atoms with Gasteiger partial charge in [0, 0.05) is 16.7 Å². The van der Waals surface area contributed by atoms with Gasteiger partial charge in [-0.05, 0) is 0 Å². The predicted octanol–water partition coefficient (Wildman–Crippen LogP) is 5.75. The molecule has 3 aliphatic heterocycles. The molecule has 0 amide bonds. The van der Waals surface area contributed by atoms with E-state index in [0.717, 1.165) is 0 Å². The highest BCUT2D eigenvalue weighted by atomic mass is 35.5. The summed E-state index contributed by atoms with van der Waals surface area (Å²) in [5.74, 6) is 0. The van der Waals surface area contributed by atoms with Crippen LogP contribution in [0.25, 0.3) is 0 Å². The van der Waals surface area contributed by atoms with Crippen LogP contribution in [0.15, 0.2) is 91.0 Å². The Hall–Kier alpha value is -1.71. The summed E-state index contributed by atoms with van der Waals surface area (Å²) in [5.41, 5.74) is 1.89. The Bertz CT molecular complexity index is 1110. The molecular weight excluding hydrogens is 527 g/mol. The molecule has 0 spiro atoms. The molecule has 36 heavy (non-hydrogen) atoms. The molecule has 0 radical (unpaired) electrons. The van der Waals surface area contributed by atoms with Crippen molar-refractivity contribution in [1.29, 1.82) is 0 Å². The van der Waals surface area contributed by atoms with Crippen molar-refractivity contribution in [2.75, 3.05) is 13.2 Å². The van der Waals surface area contributed by atoms with Crippen LogP contribution in [0.3, 0.4) is 0 Å². The number of hydrogen-bond donors (Lipinski definition) is 0. The molecule has 188 valence electrons. The van der Waals surface area contributed by atoms with Crippen LogP contribution in [0.4, 0.5) is 0 Å². The van der Waals surface area contributed by atoms with Gasteiger partial charge in [0.2, 0.25) is 0 Å². The number of rotatable bonds is 3. The largest absolute Gasteiger partial charge is 0.331 e. The molecular formula is C27H23Cl3O6. The lowest BCUT2D eigenvalue weighted by molar-refractivity contribution is -0.344. The van der Waals surface area contributed by atoms with Crippen molar-refractivity contribution in [1.82, 2.24) is 0 Å². The summed E-state index contributed by atoms with van der Waals surface area (Å²) in [7, 11) is 0. The van der Waals surface area contributed by atoms with E-state index >= 15 is 0 Å². The average Bonchev–Trinajstić information content (AvgIpc) is 3.04. The van der Waals surface area contributed by atoms with Crippen molar-refractivity contribution in [2.45, 2.75) is 40.2 Å². The van der Waals surface area contributed by atoms with Crippen LogP contribution in [0, 0.1) is 0 Å². The quantitative estimate of drug-likeness (QED) is 0.388. The molecule has 3 unspecified atom stereocenters. The summed E-state index contributed by atoms with van der Waals surface area (Å²) < 4.78 is 37.5. The zero-order valence-electron chi connectivity index (χ0n) is 19.0. The molecule has 6 nitrogen and oxygen atoms in total. The van der Waals surface area contributed by atoms with Crippen LogP contribution < -0.4 is 0 Å². The van der Waals surface area contributed by atoms with Gasteiger partial charge in [-0.1, -0.05) is 126 Å². The van der Waals surface area contributed by atoms with E-state index in [2.05, 4.69) is 0 Å². The van der Waals surface area contributed by atoms with Crippen LogP contribution in [-0.2, 0) is 44.2 Å². The fourth-order valence-electron chi connectivity index (χ4n) is 4.67. The molecule has 0 N–H and O–H groups in total. The summed E-state index contributed by atoms with van der Waals surface area (Å²) in [5, 5.41) is -4.77. The number of benzene rings is 3. The third-order valence-electron chi connectivity index (χ3n) is 6.46. The van der Waals surface area contributed by atoms with Gasteiger partial charge in [0.1, 0.15) is 24.4 Å². The highest BCUT2D eigenvalue weighted by Gasteiger charge is 2.59. The first-order chi connectivity index (χ1) is 17.4. The summed E-state index contributed by atoms with van der Waals surface area (Å²) in [6.45, 7) is 0.142. The lowest BCUT2D eigenvalue weighted by Gasteiger charge is -2.47. The van der Waals surface area contributed by atoms with E-state index < -0.39 is 40.2 Å². The second-order valence-corrected chi connectivity index (χ2v) is 10.3. The van der Waals surface area contributed by atoms with Crippen LogP contribution in [0.1, 0.15) is 16.7 Å². The van der Waals surface area contributed by atoms with E-state index in [1.807, 2.05) is 91.0 Å². The Morgan fingerprint density at radius 1 is 0.472 bits per heavy atom. The Kier molecular flexibility index (Phi) is 6.53. The van der Waals surface area contributed by atoms with Gasteiger partial charge in [-0.25, -0.2) is 0 Å². The normalized spacial score (nSPS) is 38.4. The zero-order chi connectivity index (χ0) is 24.8. The van der Waals surface area contributed by atoms with E-state index in [1.54, 1.807) is 0 Å². The molecule has 6 rings (SSSR count). The maximum Gasteiger partial charge on any atom is 0.277 e. The molecule has 0 aliphatic carbocycles. The second kappa shape index (κ2) is 9.55. The first-order valence-electron chi connectivity index (χ1n) is 11.6. The minimum Gasteiger partial charge on any atom is -0.331 e. The Morgan fingerprint density at radius 2 is 0.806 bits per heavy atom. The number of fused-ring (bicyclic) bond motifs is 3. The summed E-state index contributed by atoms with van der Waals surface area (Å²) in [4.78, 5) is 0. The lowest BCUT2D eigenvalue weighted by Crippen LogP contribution is -2.60. The van der Waals surface area contributed by atoms with Crippen molar-refractivity contribution in [2.24, 2.45) is 0 Å². The van der Waals surface area contributed by atoms with Crippen molar-refractivity contribution < 1.29 is 28.4 Å². The SMILES string of the molecule is ClC1(c2ccccc2)OC[C@@H]2OC(Cl)(c3ccccc3)O[C@@H]3COC(Cl)(c4ccccc4)O[C@@H]3[C@H]2O1. The van der Waals surface area contributed by atoms with Crippen LogP contribution in [-0.4, -0.2) is 37.6 Å². The highest BCUT2D eigenvalue weighted by molar-refractivity contribution is 6.22. The van der Waals surface area contributed by atoms with E-state index in [9.17, 15) is 0 Å². The molecule has 9 heteroatoms. The molecule has 3 aromatic carbocycles. The van der Waals surface area contributed by atoms with Crippen LogP contribution in [0.5, 0.6) is 0 Å². The fraction of sp³-hybridized carbons (Fsp3) is 0.333. The van der Waals surface area contributed by atoms with Gasteiger partial charge < -0.3 is 28.4 Å². The molecule has 3 saturated heterocycles. The van der Waals surface area contributed by atoms with Gasteiger partial charge in [0.25, 0.3) is 15.7 Å². The van der Waals surface area contributed by atoms with Gasteiger partial charge in [0.05, 0.1) is 13.2 Å². The maximum atomic E-state index is 6.99. The molecule has 7 atom stereocenters. The number of halogens is 3. The molecule has 3 aromatic rings. The summed E-state index contributed by atoms with van der Waals surface area (Å²) in [6, 6.07) is 27.8. The van der Waals surface area contributed by atoms with Gasteiger partial charge in [0.15, 0.2) is 0 Å². The number of alkyl halides is 3. The van der Waals surface area contributed by atoms with Crippen molar-refractivity contribution in [3.63, 3.8) is 0 Å². The monoisotopic (exact) mass is 548 g/mol. The van der Waals surface area contributed by atoms with E-state index in [1.165, 1.54) is 0 Å². The zero-order valence-corrected chi connectivity index (χ0v) is 21.2. The molecule has 0 saturated carbocycles. The van der Waals surface area contributed by atoms with Crippen molar-refractivity contribution in [3.05, 3.63) is 108 Å². The second-order valence-electron chi connectivity index (χ2n) is 8.81. The average molecular weight is 550 g/mol. The first kappa shape index (κ1) is 24.6. The van der Waals surface area contributed by atoms with Gasteiger partial charge in [-0.2, -0.15) is 0 Å². The highest BCUT2D eigenvalue weighted by Crippen LogP contribution is 2.49.